The molecule has 2 N–H and O–H groups in total. The Morgan fingerprint density at radius 2 is 2.12 bits per heavy atom. The second-order valence-electron chi connectivity index (χ2n) is 5.38. The van der Waals surface area contributed by atoms with Crippen molar-refractivity contribution < 1.29 is 0 Å². The first-order valence-electron chi connectivity index (χ1n) is 7.87. The van der Waals surface area contributed by atoms with Gasteiger partial charge < -0.3 is 15.2 Å². The summed E-state index contributed by atoms with van der Waals surface area (Å²) >= 11 is 3.55. The van der Waals surface area contributed by atoms with Crippen LogP contribution in [-0.4, -0.2) is 44.3 Å². The maximum absolute atomic E-state index is 4.63. The van der Waals surface area contributed by atoms with E-state index in [0.717, 1.165) is 41.3 Å². The van der Waals surface area contributed by atoms with Crippen LogP contribution in [0.5, 0.6) is 0 Å². The van der Waals surface area contributed by atoms with Crippen molar-refractivity contribution in [1.29, 1.82) is 0 Å². The molecule has 0 saturated carbocycles. The summed E-state index contributed by atoms with van der Waals surface area (Å²) in [5.74, 6) is 3.65. The first-order chi connectivity index (χ1) is 11.6. The van der Waals surface area contributed by atoms with Crippen LogP contribution >= 0.6 is 47.1 Å². The highest BCUT2D eigenvalue weighted by atomic mass is 127. The highest BCUT2D eigenvalue weighted by Gasteiger charge is 2.06. The van der Waals surface area contributed by atoms with Crippen LogP contribution in [0.3, 0.4) is 0 Å². The van der Waals surface area contributed by atoms with Crippen molar-refractivity contribution in [1.82, 2.24) is 30.4 Å². The zero-order valence-electron chi connectivity index (χ0n) is 15.1. The van der Waals surface area contributed by atoms with Crippen LogP contribution in [0.15, 0.2) is 11.2 Å². The Balaban J connectivity index is 0.00000312. The van der Waals surface area contributed by atoms with E-state index in [0.29, 0.717) is 13.1 Å². The van der Waals surface area contributed by atoms with Gasteiger partial charge in [0, 0.05) is 24.7 Å². The van der Waals surface area contributed by atoms with Crippen molar-refractivity contribution in [3.05, 3.63) is 27.7 Å². The molecule has 0 amide bonds. The molecule has 0 saturated heterocycles. The predicted octanol–water partition coefficient (Wildman–Crippen LogP) is 2.49. The van der Waals surface area contributed by atoms with Crippen LogP contribution in [0.1, 0.15) is 28.0 Å². The molecule has 10 heteroatoms. The Morgan fingerprint density at radius 3 is 2.72 bits per heavy atom. The molecule has 2 rings (SSSR count). The third-order valence-corrected chi connectivity index (χ3v) is 5.06. The van der Waals surface area contributed by atoms with Gasteiger partial charge in [-0.3, -0.25) is 0 Å². The monoisotopic (exact) mass is 495 g/mol. The number of thiazole rings is 1. The SMILES string of the molecule is CSCCCNC(=NCc1nnc(C)n1C)NCc1ncc(C)s1.I. The Labute approximate surface area is 174 Å². The number of nitrogens with zero attached hydrogens (tertiary/aromatic N) is 5. The number of hydrogen-bond donors (Lipinski definition) is 2. The Hall–Kier alpha value is -0.880. The molecule has 0 aromatic carbocycles. The molecule has 0 atom stereocenters. The molecule has 0 aliphatic carbocycles. The summed E-state index contributed by atoms with van der Waals surface area (Å²) in [7, 11) is 1.96. The number of halogens is 1. The second-order valence-corrected chi connectivity index (χ2v) is 7.68. The minimum Gasteiger partial charge on any atom is -0.356 e. The van der Waals surface area contributed by atoms with Crippen molar-refractivity contribution in [3.8, 4) is 0 Å². The molecular weight excluding hydrogens is 469 g/mol. The van der Waals surface area contributed by atoms with Gasteiger partial charge in [-0.05, 0) is 32.3 Å². The van der Waals surface area contributed by atoms with Gasteiger partial charge in [0.25, 0.3) is 0 Å². The molecule has 0 bridgehead atoms. The highest BCUT2D eigenvalue weighted by molar-refractivity contribution is 14.0. The summed E-state index contributed by atoms with van der Waals surface area (Å²) in [6.45, 7) is 6.05. The van der Waals surface area contributed by atoms with E-state index < -0.39 is 0 Å². The van der Waals surface area contributed by atoms with Gasteiger partial charge in [0.2, 0.25) is 0 Å². The number of aromatic nitrogens is 4. The molecule has 0 spiro atoms. The molecule has 2 aromatic heterocycles. The lowest BCUT2D eigenvalue weighted by Gasteiger charge is -2.11. The van der Waals surface area contributed by atoms with Gasteiger partial charge in [0.05, 0.1) is 6.54 Å². The van der Waals surface area contributed by atoms with Crippen LogP contribution < -0.4 is 10.6 Å². The maximum Gasteiger partial charge on any atom is 0.192 e. The average Bonchev–Trinajstić information content (AvgIpc) is 3.13. The normalized spacial score (nSPS) is 11.3. The Morgan fingerprint density at radius 1 is 1.32 bits per heavy atom. The molecule has 0 radical (unpaired) electrons. The lowest BCUT2D eigenvalue weighted by Crippen LogP contribution is -2.37. The van der Waals surface area contributed by atoms with Crippen LogP contribution in [0.25, 0.3) is 0 Å². The van der Waals surface area contributed by atoms with Crippen molar-refractivity contribution >= 4 is 53.0 Å². The molecule has 0 unspecified atom stereocenters. The van der Waals surface area contributed by atoms with E-state index in [1.54, 1.807) is 11.3 Å². The van der Waals surface area contributed by atoms with E-state index in [9.17, 15) is 0 Å². The maximum atomic E-state index is 4.63. The molecule has 25 heavy (non-hydrogen) atoms. The molecule has 0 aliphatic rings. The fourth-order valence-corrected chi connectivity index (χ4v) is 3.14. The Bertz CT molecular complexity index is 669. The number of guanidine groups is 1. The lowest BCUT2D eigenvalue weighted by molar-refractivity contribution is 0.744. The number of rotatable bonds is 8. The van der Waals surface area contributed by atoms with Gasteiger partial charge >= 0.3 is 0 Å². The predicted molar refractivity (Wildman–Crippen MR) is 117 cm³/mol. The number of thioether (sulfide) groups is 1. The fraction of sp³-hybridized carbons (Fsp3) is 0.600. The number of aryl methyl sites for hydroxylation is 2. The van der Waals surface area contributed by atoms with Gasteiger partial charge in [0.15, 0.2) is 11.8 Å². The minimum absolute atomic E-state index is 0. The first kappa shape index (κ1) is 22.2. The van der Waals surface area contributed by atoms with Crippen molar-refractivity contribution in [3.63, 3.8) is 0 Å². The zero-order chi connectivity index (χ0) is 17.4. The zero-order valence-corrected chi connectivity index (χ0v) is 19.0. The molecule has 7 nitrogen and oxygen atoms in total. The van der Waals surface area contributed by atoms with Crippen molar-refractivity contribution in [2.24, 2.45) is 12.0 Å². The molecule has 0 aliphatic heterocycles. The van der Waals surface area contributed by atoms with Crippen molar-refractivity contribution in [2.75, 3.05) is 18.6 Å². The molecule has 2 aromatic rings. The van der Waals surface area contributed by atoms with E-state index in [4.69, 9.17) is 0 Å². The van der Waals surface area contributed by atoms with Gasteiger partial charge in [-0.25, -0.2) is 9.98 Å². The van der Waals surface area contributed by atoms with Gasteiger partial charge in [-0.2, -0.15) is 11.8 Å². The summed E-state index contributed by atoms with van der Waals surface area (Å²) in [4.78, 5) is 10.2. The summed E-state index contributed by atoms with van der Waals surface area (Å²) in [5, 5.41) is 16.0. The Kier molecular flexibility index (Phi) is 10.4. The minimum atomic E-state index is 0. The first-order valence-corrected chi connectivity index (χ1v) is 10.1. The van der Waals surface area contributed by atoms with E-state index in [1.165, 1.54) is 4.88 Å². The fourth-order valence-electron chi connectivity index (χ4n) is 1.98. The molecule has 2 heterocycles. The number of nitrogens with one attached hydrogen (secondary N) is 2. The number of hydrogen-bond acceptors (Lipinski definition) is 6. The van der Waals surface area contributed by atoms with E-state index in [2.05, 4.69) is 44.0 Å². The van der Waals surface area contributed by atoms with E-state index in [-0.39, 0.29) is 24.0 Å². The van der Waals surface area contributed by atoms with Gasteiger partial charge in [-0.1, -0.05) is 0 Å². The van der Waals surface area contributed by atoms with Gasteiger partial charge in [-0.15, -0.1) is 45.5 Å². The van der Waals surface area contributed by atoms with Crippen molar-refractivity contribution in [2.45, 2.75) is 33.4 Å². The second kappa shape index (κ2) is 11.7. The topological polar surface area (TPSA) is 80.0 Å². The van der Waals surface area contributed by atoms with E-state index in [1.807, 2.05) is 36.5 Å². The van der Waals surface area contributed by atoms with Crippen LogP contribution in [0, 0.1) is 13.8 Å². The third-order valence-electron chi connectivity index (χ3n) is 3.46. The lowest BCUT2D eigenvalue weighted by atomic mass is 10.5. The standard InChI is InChI=1S/C15H25N7S2.HI/c1-11-8-17-14(24-11)10-19-15(16-6-5-7-23-4)18-9-13-21-20-12(2)22(13)3;/h8H,5-7,9-10H2,1-4H3,(H2,16,18,19);1H. The summed E-state index contributed by atoms with van der Waals surface area (Å²) < 4.78 is 1.96. The average molecular weight is 495 g/mol. The quantitative estimate of drug-likeness (QED) is 0.254. The molecule has 140 valence electrons. The molecular formula is C15H26IN7S2. The third kappa shape index (κ3) is 7.48. The molecule has 0 fully saturated rings. The largest absolute Gasteiger partial charge is 0.356 e. The van der Waals surface area contributed by atoms with Gasteiger partial charge in [0.1, 0.15) is 17.4 Å². The smallest absolute Gasteiger partial charge is 0.192 e. The summed E-state index contributed by atoms with van der Waals surface area (Å²) in [6.07, 6.45) is 5.11. The summed E-state index contributed by atoms with van der Waals surface area (Å²) in [6, 6.07) is 0. The summed E-state index contributed by atoms with van der Waals surface area (Å²) in [5.41, 5.74) is 0. The van der Waals surface area contributed by atoms with Crippen LogP contribution in [0.4, 0.5) is 0 Å². The highest BCUT2D eigenvalue weighted by Crippen LogP contribution is 2.10. The van der Waals surface area contributed by atoms with Crippen LogP contribution in [-0.2, 0) is 20.1 Å². The van der Waals surface area contributed by atoms with E-state index >= 15 is 0 Å². The van der Waals surface area contributed by atoms with Crippen LogP contribution in [0.2, 0.25) is 0 Å². The number of aliphatic imine (C=N–C) groups is 1.